The van der Waals surface area contributed by atoms with Crippen molar-refractivity contribution in [3.05, 3.63) is 139 Å². The predicted octanol–water partition coefficient (Wildman–Crippen LogP) is 7.09. The van der Waals surface area contributed by atoms with E-state index in [1.807, 2.05) is 60.7 Å². The van der Waals surface area contributed by atoms with Crippen molar-refractivity contribution in [1.29, 1.82) is 0 Å². The Hall–Kier alpha value is -4.52. The van der Waals surface area contributed by atoms with Gasteiger partial charge in [0.25, 0.3) is 0 Å². The molecular formula is C28H24N2O5. The van der Waals surface area contributed by atoms with Crippen molar-refractivity contribution in [2.24, 2.45) is 0 Å². The summed E-state index contributed by atoms with van der Waals surface area (Å²) in [6.07, 6.45) is 0.685. The molecule has 0 aliphatic carbocycles. The van der Waals surface area contributed by atoms with Gasteiger partial charge in [-0.15, -0.1) is 0 Å². The zero-order chi connectivity index (χ0) is 24.9. The second-order valence-corrected chi connectivity index (χ2v) is 8.36. The summed E-state index contributed by atoms with van der Waals surface area (Å²) in [5, 5.41) is 24.3. The predicted molar refractivity (Wildman–Crippen MR) is 134 cm³/mol. The normalized spacial score (nSPS) is 10.7. The number of hydrogen-bond acceptors (Lipinski definition) is 5. The third kappa shape index (κ3) is 5.19. The summed E-state index contributed by atoms with van der Waals surface area (Å²) in [4.78, 5) is 23.3. The Bertz CT molecular complexity index is 1280. The number of ether oxygens (including phenoxy) is 1. The fourth-order valence-corrected chi connectivity index (χ4v) is 4.16. The second-order valence-electron chi connectivity index (χ2n) is 8.36. The molecule has 4 rings (SSSR count). The van der Waals surface area contributed by atoms with Crippen LogP contribution in [0.5, 0.6) is 11.5 Å². The minimum absolute atomic E-state index is 0.0239. The van der Waals surface area contributed by atoms with Crippen molar-refractivity contribution in [3.63, 3.8) is 0 Å². The summed E-state index contributed by atoms with van der Waals surface area (Å²) in [7, 11) is 0. The number of benzene rings is 4. The lowest BCUT2D eigenvalue weighted by atomic mass is 9.97. The molecule has 0 aliphatic rings. The van der Waals surface area contributed by atoms with Crippen LogP contribution in [0.2, 0.25) is 0 Å². The van der Waals surface area contributed by atoms with Crippen molar-refractivity contribution in [2.45, 2.75) is 26.7 Å². The van der Waals surface area contributed by atoms with Crippen molar-refractivity contribution in [2.75, 3.05) is 0 Å². The molecule has 0 aliphatic heterocycles. The molecular weight excluding hydrogens is 444 g/mol. The first-order valence-electron chi connectivity index (χ1n) is 11.1. The average molecular weight is 469 g/mol. The second kappa shape index (κ2) is 10.2. The molecule has 0 spiro atoms. The molecule has 0 aromatic heterocycles. The van der Waals surface area contributed by atoms with E-state index in [2.05, 4.69) is 0 Å². The SMILES string of the molecule is Cc1ccc(Oc2ccc(C)c(Cc3ccccc3)c2[N+](=O)[O-])c([N+](=O)[O-])c1Cc1ccccc1. The number of hydrogen-bond donors (Lipinski definition) is 0. The van der Waals surface area contributed by atoms with Gasteiger partial charge >= 0.3 is 11.4 Å². The van der Waals surface area contributed by atoms with E-state index >= 15 is 0 Å². The molecule has 35 heavy (non-hydrogen) atoms. The van der Waals surface area contributed by atoms with Crippen LogP contribution in [-0.4, -0.2) is 9.85 Å². The van der Waals surface area contributed by atoms with Crippen molar-refractivity contribution in [1.82, 2.24) is 0 Å². The highest BCUT2D eigenvalue weighted by molar-refractivity contribution is 5.63. The first-order valence-corrected chi connectivity index (χ1v) is 11.1. The van der Waals surface area contributed by atoms with E-state index in [9.17, 15) is 20.2 Å². The summed E-state index contributed by atoms with van der Waals surface area (Å²) in [6, 6.07) is 25.4. The van der Waals surface area contributed by atoms with Crippen LogP contribution in [0.1, 0.15) is 33.4 Å². The Morgan fingerprint density at radius 2 is 0.971 bits per heavy atom. The van der Waals surface area contributed by atoms with Crippen LogP contribution >= 0.6 is 0 Å². The summed E-state index contributed by atoms with van der Waals surface area (Å²) < 4.78 is 5.95. The molecule has 0 amide bonds. The van der Waals surface area contributed by atoms with Crippen molar-refractivity contribution >= 4 is 11.4 Å². The molecule has 176 valence electrons. The Kier molecular flexibility index (Phi) is 6.87. The Labute approximate surface area is 202 Å². The van der Waals surface area contributed by atoms with Crippen LogP contribution in [-0.2, 0) is 12.8 Å². The molecule has 4 aromatic rings. The van der Waals surface area contributed by atoms with Crippen LogP contribution in [0.4, 0.5) is 11.4 Å². The zero-order valence-corrected chi connectivity index (χ0v) is 19.4. The molecule has 0 radical (unpaired) electrons. The van der Waals surface area contributed by atoms with Gasteiger partial charge in [0.1, 0.15) is 0 Å². The largest absolute Gasteiger partial charge is 0.443 e. The minimum atomic E-state index is -0.481. The van der Waals surface area contributed by atoms with Gasteiger partial charge in [0, 0.05) is 24.0 Å². The lowest BCUT2D eigenvalue weighted by Gasteiger charge is -2.14. The minimum Gasteiger partial charge on any atom is -0.443 e. The molecule has 0 N–H and O–H groups in total. The fourth-order valence-electron chi connectivity index (χ4n) is 4.16. The third-order valence-corrected chi connectivity index (χ3v) is 5.99. The van der Waals surface area contributed by atoms with Crippen LogP contribution in [0.15, 0.2) is 84.9 Å². The number of aryl methyl sites for hydroxylation is 2. The number of nitrogens with zero attached hydrogens (tertiary/aromatic N) is 2. The highest BCUT2D eigenvalue weighted by Crippen LogP contribution is 2.42. The lowest BCUT2D eigenvalue weighted by Crippen LogP contribution is -2.05. The third-order valence-electron chi connectivity index (χ3n) is 5.99. The Morgan fingerprint density at radius 1 is 0.600 bits per heavy atom. The van der Waals surface area contributed by atoms with Crippen molar-refractivity contribution < 1.29 is 14.6 Å². The van der Waals surface area contributed by atoms with Crippen molar-refractivity contribution in [3.8, 4) is 11.5 Å². The average Bonchev–Trinajstić information content (AvgIpc) is 2.84. The van der Waals surface area contributed by atoms with Crippen LogP contribution in [0.25, 0.3) is 0 Å². The van der Waals surface area contributed by atoms with Gasteiger partial charge < -0.3 is 4.74 Å². The fraction of sp³-hybridized carbons (Fsp3) is 0.143. The molecule has 4 aromatic carbocycles. The van der Waals surface area contributed by atoms with Crippen LogP contribution < -0.4 is 4.74 Å². The Morgan fingerprint density at radius 3 is 1.31 bits per heavy atom. The summed E-state index contributed by atoms with van der Waals surface area (Å²) in [5.41, 5.74) is 3.98. The van der Waals surface area contributed by atoms with Crippen LogP contribution in [0, 0.1) is 34.1 Å². The number of rotatable bonds is 8. The topological polar surface area (TPSA) is 95.5 Å². The van der Waals surface area contributed by atoms with Gasteiger partial charge in [-0.2, -0.15) is 0 Å². The molecule has 0 atom stereocenters. The highest BCUT2D eigenvalue weighted by Gasteiger charge is 2.28. The van der Waals surface area contributed by atoms with Gasteiger partial charge in [-0.25, -0.2) is 0 Å². The van der Waals surface area contributed by atoms with E-state index in [0.29, 0.717) is 24.0 Å². The maximum absolute atomic E-state index is 12.1. The van der Waals surface area contributed by atoms with E-state index in [1.165, 1.54) is 12.1 Å². The summed E-state index contributed by atoms with van der Waals surface area (Å²) >= 11 is 0. The molecule has 0 unspecified atom stereocenters. The molecule has 0 saturated carbocycles. The van der Waals surface area contributed by atoms with Gasteiger partial charge in [-0.1, -0.05) is 72.8 Å². The lowest BCUT2D eigenvalue weighted by molar-refractivity contribution is -0.388. The number of nitro groups is 2. The van der Waals surface area contributed by atoms with Gasteiger partial charge in [0.2, 0.25) is 11.5 Å². The monoisotopic (exact) mass is 468 g/mol. The van der Waals surface area contributed by atoms with E-state index < -0.39 is 9.85 Å². The molecule has 0 bridgehead atoms. The van der Waals surface area contributed by atoms with E-state index in [4.69, 9.17) is 4.74 Å². The van der Waals surface area contributed by atoms with E-state index in [0.717, 1.165) is 22.3 Å². The standard InChI is InChI=1S/C28H24N2O5/c1-19-13-15-25(27(29(31)32)23(19)17-21-9-5-3-6-10-21)35-26-16-14-20(2)24(28(26)30(33)34)18-22-11-7-4-8-12-22/h3-16H,17-18H2,1-2H3. The van der Waals surface area contributed by atoms with Crippen LogP contribution in [0.3, 0.4) is 0 Å². The zero-order valence-electron chi connectivity index (χ0n) is 19.4. The first kappa shape index (κ1) is 23.6. The van der Waals surface area contributed by atoms with Gasteiger partial charge in [0.15, 0.2) is 0 Å². The maximum Gasteiger partial charge on any atom is 0.315 e. The van der Waals surface area contributed by atoms with E-state index in [-0.39, 0.29) is 22.9 Å². The number of nitro benzene ring substituents is 2. The maximum atomic E-state index is 12.1. The highest BCUT2D eigenvalue weighted by atomic mass is 16.6. The van der Waals surface area contributed by atoms with E-state index in [1.54, 1.807) is 26.0 Å². The summed E-state index contributed by atoms with van der Waals surface area (Å²) in [6.45, 7) is 3.61. The summed E-state index contributed by atoms with van der Waals surface area (Å²) in [5.74, 6) is -0.0479. The molecule has 7 heteroatoms. The Balaban J connectivity index is 1.80. The molecule has 0 fully saturated rings. The smallest absolute Gasteiger partial charge is 0.315 e. The quantitative estimate of drug-likeness (QED) is 0.203. The van der Waals surface area contributed by atoms with Gasteiger partial charge in [0.05, 0.1) is 9.85 Å². The molecule has 0 heterocycles. The molecule has 0 saturated heterocycles. The first-order chi connectivity index (χ1) is 16.8. The van der Waals surface area contributed by atoms with Gasteiger partial charge in [-0.05, 0) is 48.2 Å². The van der Waals surface area contributed by atoms with Gasteiger partial charge in [-0.3, -0.25) is 20.2 Å². The molecule has 7 nitrogen and oxygen atoms in total.